The van der Waals surface area contributed by atoms with E-state index in [-0.39, 0.29) is 16.4 Å². The predicted octanol–water partition coefficient (Wildman–Crippen LogP) is 3.48. The Hall–Kier alpha value is -2.97. The van der Waals surface area contributed by atoms with Crippen LogP contribution in [0.5, 0.6) is 0 Å². The highest BCUT2D eigenvalue weighted by atomic mass is 32.2. The number of benzene rings is 2. The fraction of sp³-hybridized carbons (Fsp3) is 0.304. The van der Waals surface area contributed by atoms with Gasteiger partial charge in [-0.05, 0) is 73.0 Å². The topological polar surface area (TPSA) is 108 Å². The number of aromatic amines is 1. The Kier molecular flexibility index (Phi) is 6.62. The Morgan fingerprint density at radius 1 is 1.06 bits per heavy atom. The Balaban J connectivity index is 1.88. The number of anilines is 1. The zero-order valence-corrected chi connectivity index (χ0v) is 18.8. The average molecular weight is 442 g/mol. The molecule has 2 aromatic carbocycles. The first-order valence-corrected chi connectivity index (χ1v) is 11.6. The molecule has 3 rings (SSSR count). The lowest BCUT2D eigenvalue weighted by Crippen LogP contribution is -2.44. The molecule has 7 nitrogen and oxygen atoms in total. The van der Waals surface area contributed by atoms with Gasteiger partial charge in [-0.2, -0.15) is 4.72 Å². The van der Waals surface area contributed by atoms with E-state index in [0.717, 1.165) is 11.1 Å². The number of carbonyl (C=O) groups excluding carboxylic acids is 1. The van der Waals surface area contributed by atoms with Crippen LogP contribution >= 0.6 is 0 Å². The summed E-state index contributed by atoms with van der Waals surface area (Å²) in [6.45, 7) is 7.72. The van der Waals surface area contributed by atoms with Crippen LogP contribution in [-0.4, -0.2) is 25.4 Å². The van der Waals surface area contributed by atoms with Gasteiger partial charge < -0.3 is 10.3 Å². The molecule has 8 heteroatoms. The average Bonchev–Trinajstić information content (AvgIpc) is 2.70. The normalized spacial score (nSPS) is 12.8. The van der Waals surface area contributed by atoms with Gasteiger partial charge in [0.15, 0.2) is 0 Å². The van der Waals surface area contributed by atoms with E-state index in [2.05, 4.69) is 15.0 Å². The lowest BCUT2D eigenvalue weighted by molar-refractivity contribution is -0.118. The molecule has 3 N–H and O–H groups in total. The fourth-order valence-electron chi connectivity index (χ4n) is 3.34. The number of hydrogen-bond acceptors (Lipinski definition) is 4. The Labute approximate surface area is 181 Å². The fourth-order valence-corrected chi connectivity index (χ4v) is 4.58. The van der Waals surface area contributed by atoms with E-state index in [9.17, 15) is 18.0 Å². The molecular formula is C23H27N3O4S. The number of sulfonamides is 1. The molecule has 0 spiro atoms. The summed E-state index contributed by atoms with van der Waals surface area (Å²) in [5.41, 5.74) is 2.91. The van der Waals surface area contributed by atoms with E-state index in [1.165, 1.54) is 18.2 Å². The first-order chi connectivity index (χ1) is 14.6. The van der Waals surface area contributed by atoms with Crippen LogP contribution < -0.4 is 15.6 Å². The number of aryl methyl sites for hydroxylation is 1. The molecule has 1 aromatic heterocycles. The maximum atomic E-state index is 13.0. The lowest BCUT2D eigenvalue weighted by Gasteiger charge is -2.21. The van der Waals surface area contributed by atoms with Gasteiger partial charge in [-0.3, -0.25) is 9.59 Å². The highest BCUT2D eigenvalue weighted by Crippen LogP contribution is 2.21. The van der Waals surface area contributed by atoms with Crippen molar-refractivity contribution in [2.75, 3.05) is 5.32 Å². The molecule has 1 atom stereocenters. The maximum Gasteiger partial charge on any atom is 0.248 e. The third-order valence-electron chi connectivity index (χ3n) is 5.19. The summed E-state index contributed by atoms with van der Waals surface area (Å²) in [5.74, 6) is -0.310. The summed E-state index contributed by atoms with van der Waals surface area (Å²) >= 11 is 0. The quantitative estimate of drug-likeness (QED) is 0.522. The molecule has 164 valence electrons. The number of fused-ring (bicyclic) bond motifs is 1. The minimum atomic E-state index is -3.97. The van der Waals surface area contributed by atoms with E-state index in [1.807, 2.05) is 39.8 Å². The smallest absolute Gasteiger partial charge is 0.248 e. The summed E-state index contributed by atoms with van der Waals surface area (Å²) in [6.07, 6.45) is 0.344. The number of hydrogen-bond donors (Lipinski definition) is 3. The first-order valence-electron chi connectivity index (χ1n) is 10.1. The number of nitrogens with one attached hydrogen (secondary N) is 3. The molecule has 0 saturated carbocycles. The number of amides is 1. The van der Waals surface area contributed by atoms with E-state index < -0.39 is 22.0 Å². The van der Waals surface area contributed by atoms with Crippen molar-refractivity contribution in [2.45, 2.75) is 45.1 Å². The van der Waals surface area contributed by atoms with E-state index >= 15 is 0 Å². The molecule has 1 amide bonds. The van der Waals surface area contributed by atoms with Crippen LogP contribution in [0.3, 0.4) is 0 Å². The molecule has 31 heavy (non-hydrogen) atoms. The van der Waals surface area contributed by atoms with Crippen molar-refractivity contribution in [1.82, 2.24) is 9.71 Å². The lowest BCUT2D eigenvalue weighted by atomic mass is 10.0. The summed E-state index contributed by atoms with van der Waals surface area (Å²) in [6, 6.07) is 12.0. The van der Waals surface area contributed by atoms with Gasteiger partial charge in [0, 0.05) is 17.3 Å². The number of aromatic nitrogens is 1. The van der Waals surface area contributed by atoms with Crippen LogP contribution in [0.1, 0.15) is 31.4 Å². The third-order valence-corrected chi connectivity index (χ3v) is 6.66. The number of pyridine rings is 1. The van der Waals surface area contributed by atoms with Gasteiger partial charge in [-0.25, -0.2) is 8.42 Å². The van der Waals surface area contributed by atoms with E-state index in [1.54, 1.807) is 18.2 Å². The van der Waals surface area contributed by atoms with Gasteiger partial charge in [0.2, 0.25) is 21.5 Å². The Morgan fingerprint density at radius 2 is 1.81 bits per heavy atom. The summed E-state index contributed by atoms with van der Waals surface area (Å²) < 4.78 is 28.7. The largest absolute Gasteiger partial charge is 0.324 e. The first kappa shape index (κ1) is 22.7. The van der Waals surface area contributed by atoms with E-state index in [0.29, 0.717) is 23.0 Å². The van der Waals surface area contributed by atoms with Crippen LogP contribution in [0.2, 0.25) is 0 Å². The van der Waals surface area contributed by atoms with Crippen molar-refractivity contribution in [1.29, 1.82) is 0 Å². The second-order valence-corrected chi connectivity index (χ2v) is 9.83. The van der Waals surface area contributed by atoms with Gasteiger partial charge in [-0.15, -0.1) is 0 Å². The molecule has 3 aromatic rings. The zero-order valence-electron chi connectivity index (χ0n) is 18.0. The predicted molar refractivity (Wildman–Crippen MR) is 123 cm³/mol. The summed E-state index contributed by atoms with van der Waals surface area (Å²) in [5, 5.41) is 3.45. The van der Waals surface area contributed by atoms with Gasteiger partial charge >= 0.3 is 0 Å². The summed E-state index contributed by atoms with van der Waals surface area (Å²) in [4.78, 5) is 27.1. The minimum absolute atomic E-state index is 0.0281. The highest BCUT2D eigenvalue weighted by Gasteiger charge is 2.27. The minimum Gasteiger partial charge on any atom is -0.324 e. The third kappa shape index (κ3) is 5.39. The molecule has 0 radical (unpaired) electrons. The molecular weight excluding hydrogens is 414 g/mol. The number of carbonyl (C=O) groups is 1. The SMILES string of the molecule is Cc1cccc(NC(=O)C(CC(C)C)NS(=O)(=O)c2ccc3[nH]c(=O)ccc3c2)c1C. The van der Waals surface area contributed by atoms with Crippen molar-refractivity contribution < 1.29 is 13.2 Å². The van der Waals surface area contributed by atoms with Crippen molar-refractivity contribution in [3.63, 3.8) is 0 Å². The molecule has 0 fully saturated rings. The standard InChI is InChI=1S/C23H27N3O4S/c1-14(2)12-21(23(28)25-19-7-5-6-15(3)16(19)4)26-31(29,30)18-9-10-20-17(13-18)8-11-22(27)24-20/h5-11,13-14,21,26H,12H2,1-4H3,(H,24,27)(H,25,28). The molecule has 0 bridgehead atoms. The van der Waals surface area contributed by atoms with Crippen LogP contribution in [0.4, 0.5) is 5.69 Å². The molecule has 0 aliphatic rings. The molecule has 0 saturated heterocycles. The second-order valence-electron chi connectivity index (χ2n) is 8.11. The Bertz CT molecular complexity index is 1280. The maximum absolute atomic E-state index is 13.0. The van der Waals surface area contributed by atoms with Gasteiger partial charge in [0.1, 0.15) is 6.04 Å². The van der Waals surface area contributed by atoms with Crippen molar-refractivity contribution in [3.8, 4) is 0 Å². The van der Waals surface area contributed by atoms with Crippen LogP contribution in [0, 0.1) is 19.8 Å². The second kappa shape index (κ2) is 9.03. The molecule has 0 aliphatic heterocycles. The van der Waals surface area contributed by atoms with E-state index in [4.69, 9.17) is 0 Å². The molecule has 0 aliphatic carbocycles. The van der Waals surface area contributed by atoms with Gasteiger partial charge in [0.25, 0.3) is 0 Å². The van der Waals surface area contributed by atoms with Crippen LogP contribution in [0.15, 0.2) is 58.2 Å². The van der Waals surface area contributed by atoms with Crippen molar-refractivity contribution >= 4 is 32.5 Å². The van der Waals surface area contributed by atoms with Gasteiger partial charge in [0.05, 0.1) is 4.90 Å². The highest BCUT2D eigenvalue weighted by molar-refractivity contribution is 7.89. The van der Waals surface area contributed by atoms with Crippen molar-refractivity contribution in [3.05, 3.63) is 70.0 Å². The number of rotatable bonds is 7. The Morgan fingerprint density at radius 3 is 2.52 bits per heavy atom. The van der Waals surface area contributed by atoms with Crippen LogP contribution in [-0.2, 0) is 14.8 Å². The van der Waals surface area contributed by atoms with Crippen molar-refractivity contribution in [2.24, 2.45) is 5.92 Å². The van der Waals surface area contributed by atoms with Crippen LogP contribution in [0.25, 0.3) is 10.9 Å². The monoisotopic (exact) mass is 441 g/mol. The summed E-state index contributed by atoms with van der Waals surface area (Å²) in [7, 11) is -3.97. The zero-order chi connectivity index (χ0) is 22.8. The molecule has 1 unspecified atom stereocenters. The molecule has 1 heterocycles. The van der Waals surface area contributed by atoms with Gasteiger partial charge in [-0.1, -0.05) is 26.0 Å². The number of H-pyrrole nitrogens is 1.